The first-order valence-electron chi connectivity index (χ1n) is 8.30. The minimum atomic E-state index is -0.172. The number of aryl methyl sites for hydroxylation is 1. The van der Waals surface area contributed by atoms with E-state index in [9.17, 15) is 4.79 Å². The van der Waals surface area contributed by atoms with Gasteiger partial charge in [0.05, 0.1) is 6.61 Å². The van der Waals surface area contributed by atoms with Crippen molar-refractivity contribution in [2.75, 3.05) is 6.61 Å². The summed E-state index contributed by atoms with van der Waals surface area (Å²) < 4.78 is 18.3. The van der Waals surface area contributed by atoms with E-state index < -0.39 is 0 Å². The molecule has 0 saturated heterocycles. The Balaban J connectivity index is 1.54. The normalized spacial score (nSPS) is 11.0. The van der Waals surface area contributed by atoms with Crippen LogP contribution in [0.1, 0.15) is 28.9 Å². The summed E-state index contributed by atoms with van der Waals surface area (Å²) in [6.45, 7) is 2.87. The van der Waals surface area contributed by atoms with Crippen molar-refractivity contribution in [3.63, 3.8) is 0 Å². The van der Waals surface area contributed by atoms with Crippen LogP contribution in [0.25, 0.3) is 6.08 Å². The topological polar surface area (TPSA) is 66.5 Å². The van der Waals surface area contributed by atoms with Gasteiger partial charge in [-0.15, -0.1) is 0 Å². The van der Waals surface area contributed by atoms with Crippen molar-refractivity contribution in [3.05, 3.63) is 72.0 Å². The van der Waals surface area contributed by atoms with E-state index >= 15 is 0 Å². The van der Waals surface area contributed by atoms with Crippen LogP contribution in [0.15, 0.2) is 59.2 Å². The number of ketones is 1. The summed E-state index contributed by atoms with van der Waals surface area (Å²) >= 11 is 0. The second kappa shape index (κ2) is 8.20. The predicted molar refractivity (Wildman–Crippen MR) is 97.2 cm³/mol. The summed E-state index contributed by atoms with van der Waals surface area (Å²) in [5, 5.41) is 4.07. The first-order chi connectivity index (χ1) is 12.6. The molecule has 0 radical (unpaired) electrons. The molecule has 2 heterocycles. The Bertz CT molecular complexity index is 891. The van der Waals surface area contributed by atoms with E-state index in [1.54, 1.807) is 36.1 Å². The molecule has 0 aliphatic heterocycles. The molecule has 0 N–H and O–H groups in total. The van der Waals surface area contributed by atoms with Gasteiger partial charge in [-0.25, -0.2) is 0 Å². The summed E-state index contributed by atoms with van der Waals surface area (Å²) in [6, 6.07) is 12.7. The van der Waals surface area contributed by atoms with E-state index in [4.69, 9.17) is 13.9 Å². The maximum atomic E-state index is 12.0. The molecule has 0 fully saturated rings. The Morgan fingerprint density at radius 3 is 2.50 bits per heavy atom. The molecule has 3 aromatic rings. The lowest BCUT2D eigenvalue weighted by atomic mass is 10.2. The Morgan fingerprint density at radius 2 is 1.85 bits per heavy atom. The maximum Gasteiger partial charge on any atom is 0.206 e. The zero-order valence-electron chi connectivity index (χ0n) is 14.7. The van der Waals surface area contributed by atoms with Gasteiger partial charge in [-0.05, 0) is 61.5 Å². The second-order valence-electron chi connectivity index (χ2n) is 5.57. The first kappa shape index (κ1) is 17.5. The van der Waals surface area contributed by atoms with Crippen LogP contribution in [0, 0.1) is 0 Å². The number of allylic oxidation sites excluding steroid dienone is 1. The van der Waals surface area contributed by atoms with Gasteiger partial charge in [0, 0.05) is 13.2 Å². The molecule has 0 saturated carbocycles. The monoisotopic (exact) mass is 352 g/mol. The van der Waals surface area contributed by atoms with Gasteiger partial charge in [0.15, 0.2) is 0 Å². The van der Waals surface area contributed by atoms with E-state index in [2.05, 4.69) is 5.10 Å². The highest BCUT2D eigenvalue weighted by Crippen LogP contribution is 2.19. The van der Waals surface area contributed by atoms with Crippen LogP contribution >= 0.6 is 0 Å². The molecule has 6 heteroatoms. The number of carbonyl (C=O) groups excluding carboxylic acids is 1. The fraction of sp³-hybridized carbons (Fsp3) is 0.200. The molecule has 2 aromatic heterocycles. The minimum absolute atomic E-state index is 0.172. The number of rotatable bonds is 8. The van der Waals surface area contributed by atoms with Crippen molar-refractivity contribution >= 4 is 11.9 Å². The largest absolute Gasteiger partial charge is 0.494 e. The minimum Gasteiger partial charge on any atom is -0.494 e. The van der Waals surface area contributed by atoms with Gasteiger partial charge < -0.3 is 13.9 Å². The van der Waals surface area contributed by atoms with Gasteiger partial charge in [-0.3, -0.25) is 9.48 Å². The number of carbonyl (C=O) groups is 1. The molecule has 0 unspecified atom stereocenters. The standard InChI is InChI=1S/C20H20N2O4/c1-3-24-15-4-6-16(7-5-15)25-14-18-9-8-17(26-18)10-11-20(23)19-12-13-22(2)21-19/h4-13H,3,14H2,1-2H3/b11-10+. The predicted octanol–water partition coefficient (Wildman–Crippen LogP) is 3.89. The van der Waals surface area contributed by atoms with Gasteiger partial charge in [-0.2, -0.15) is 5.10 Å². The maximum absolute atomic E-state index is 12.0. The van der Waals surface area contributed by atoms with Crippen LogP contribution in [0.5, 0.6) is 11.5 Å². The first-order valence-corrected chi connectivity index (χ1v) is 8.30. The highest BCUT2D eigenvalue weighted by atomic mass is 16.5. The Morgan fingerprint density at radius 1 is 1.12 bits per heavy atom. The summed E-state index contributed by atoms with van der Waals surface area (Å²) in [5.41, 5.74) is 0.398. The Hall–Kier alpha value is -3.28. The van der Waals surface area contributed by atoms with Crippen molar-refractivity contribution in [1.82, 2.24) is 9.78 Å². The lowest BCUT2D eigenvalue weighted by molar-refractivity contribution is 0.104. The molecule has 0 aliphatic carbocycles. The van der Waals surface area contributed by atoms with Crippen molar-refractivity contribution in [3.8, 4) is 11.5 Å². The van der Waals surface area contributed by atoms with Crippen molar-refractivity contribution in [1.29, 1.82) is 0 Å². The molecule has 0 amide bonds. The van der Waals surface area contributed by atoms with Crippen LogP contribution in [0.3, 0.4) is 0 Å². The number of hydrogen-bond donors (Lipinski definition) is 0. The number of furan rings is 1. The third kappa shape index (κ3) is 4.63. The average molecular weight is 352 g/mol. The summed E-state index contributed by atoms with van der Waals surface area (Å²) in [5.74, 6) is 2.62. The van der Waals surface area contributed by atoms with Crippen molar-refractivity contribution in [2.45, 2.75) is 13.5 Å². The summed E-state index contributed by atoms with van der Waals surface area (Å²) in [6.07, 6.45) is 4.79. The fourth-order valence-corrected chi connectivity index (χ4v) is 2.30. The molecule has 26 heavy (non-hydrogen) atoms. The SMILES string of the molecule is CCOc1ccc(OCc2ccc(/C=C/C(=O)c3ccn(C)n3)o2)cc1. The molecule has 0 spiro atoms. The molecule has 3 rings (SSSR count). The molecule has 1 aromatic carbocycles. The van der Waals surface area contributed by atoms with E-state index in [0.29, 0.717) is 30.4 Å². The number of aromatic nitrogens is 2. The summed E-state index contributed by atoms with van der Waals surface area (Å²) in [7, 11) is 1.77. The van der Waals surface area contributed by atoms with Crippen LogP contribution in [-0.2, 0) is 13.7 Å². The van der Waals surface area contributed by atoms with Gasteiger partial charge in [0.25, 0.3) is 0 Å². The Kier molecular flexibility index (Phi) is 5.53. The number of ether oxygens (including phenoxy) is 2. The zero-order valence-corrected chi connectivity index (χ0v) is 14.7. The Labute approximate surface area is 151 Å². The van der Waals surface area contributed by atoms with Crippen LogP contribution < -0.4 is 9.47 Å². The number of hydrogen-bond acceptors (Lipinski definition) is 5. The van der Waals surface area contributed by atoms with Gasteiger partial charge >= 0.3 is 0 Å². The summed E-state index contributed by atoms with van der Waals surface area (Å²) in [4.78, 5) is 12.0. The number of nitrogens with zero attached hydrogens (tertiary/aromatic N) is 2. The molecule has 6 nitrogen and oxygen atoms in total. The quantitative estimate of drug-likeness (QED) is 0.454. The highest BCUT2D eigenvalue weighted by Gasteiger charge is 2.06. The number of benzene rings is 1. The third-order valence-electron chi connectivity index (χ3n) is 3.56. The zero-order chi connectivity index (χ0) is 18.4. The van der Waals surface area contributed by atoms with Crippen molar-refractivity contribution < 1.29 is 18.7 Å². The molecule has 134 valence electrons. The lowest BCUT2D eigenvalue weighted by Crippen LogP contribution is -1.97. The molecular weight excluding hydrogens is 332 g/mol. The van der Waals surface area contributed by atoms with E-state index in [1.165, 1.54) is 6.08 Å². The van der Waals surface area contributed by atoms with Gasteiger partial charge in [0.2, 0.25) is 5.78 Å². The van der Waals surface area contributed by atoms with Crippen molar-refractivity contribution in [2.24, 2.45) is 7.05 Å². The van der Waals surface area contributed by atoms with Crippen LogP contribution in [-0.4, -0.2) is 22.2 Å². The average Bonchev–Trinajstić information content (AvgIpc) is 3.28. The van der Waals surface area contributed by atoms with Crippen LogP contribution in [0.4, 0.5) is 0 Å². The smallest absolute Gasteiger partial charge is 0.206 e. The van der Waals surface area contributed by atoms with E-state index in [1.807, 2.05) is 37.3 Å². The van der Waals surface area contributed by atoms with Gasteiger partial charge in [-0.1, -0.05) is 0 Å². The lowest BCUT2D eigenvalue weighted by Gasteiger charge is -2.06. The molecule has 0 bridgehead atoms. The van der Waals surface area contributed by atoms with E-state index in [-0.39, 0.29) is 5.78 Å². The van der Waals surface area contributed by atoms with E-state index in [0.717, 1.165) is 11.5 Å². The fourth-order valence-electron chi connectivity index (χ4n) is 2.30. The van der Waals surface area contributed by atoms with Gasteiger partial charge in [0.1, 0.15) is 35.3 Å². The second-order valence-corrected chi connectivity index (χ2v) is 5.57. The highest BCUT2D eigenvalue weighted by molar-refractivity contribution is 6.05. The van der Waals surface area contributed by atoms with Crippen LogP contribution in [0.2, 0.25) is 0 Å². The third-order valence-corrected chi connectivity index (χ3v) is 3.56. The molecule has 0 aliphatic rings. The molecule has 0 atom stereocenters. The molecular formula is C20H20N2O4.